The number of quaternary nitrogens is 1. The third kappa shape index (κ3) is 3.71. The fraction of sp³-hybridized carbons (Fsp3) is 0.769. The van der Waals surface area contributed by atoms with Crippen molar-refractivity contribution in [1.29, 1.82) is 0 Å². The van der Waals surface area contributed by atoms with Crippen LogP contribution in [0.1, 0.15) is 12.6 Å². The first-order chi connectivity index (χ1) is 11.5. The molecule has 1 aromatic heterocycles. The number of nitrogens with zero attached hydrogens (tertiary/aromatic N) is 4. The quantitative estimate of drug-likeness (QED) is 0.442. The van der Waals surface area contributed by atoms with Crippen molar-refractivity contribution in [3.8, 4) is 0 Å². The van der Waals surface area contributed by atoms with Crippen molar-refractivity contribution < 1.29 is 29.5 Å². The maximum atomic E-state index is 12.1. The lowest BCUT2D eigenvalue weighted by molar-refractivity contribution is -1.10. The molecule has 0 aliphatic carbocycles. The fourth-order valence-corrected chi connectivity index (χ4v) is 2.74. The van der Waals surface area contributed by atoms with E-state index in [-0.39, 0.29) is 30.3 Å². The lowest BCUT2D eigenvalue weighted by atomic mass is 10.2. The summed E-state index contributed by atoms with van der Waals surface area (Å²) in [6.07, 6.45) is -0.827. The third-order valence-electron chi connectivity index (χ3n) is 4.26. The van der Waals surface area contributed by atoms with Gasteiger partial charge in [-0.05, 0) is 0 Å². The summed E-state index contributed by atoms with van der Waals surface area (Å²) in [5.74, 6) is 0.103. The van der Waals surface area contributed by atoms with Gasteiger partial charge in [-0.1, -0.05) is 0 Å². The molecule has 2 saturated heterocycles. The van der Waals surface area contributed by atoms with Crippen LogP contribution in [0.5, 0.6) is 0 Å². The van der Waals surface area contributed by atoms with Gasteiger partial charge < -0.3 is 25.0 Å². The van der Waals surface area contributed by atoms with Crippen LogP contribution in [-0.4, -0.2) is 86.4 Å². The number of hydrogen-bond donors (Lipinski definition) is 4. The van der Waals surface area contributed by atoms with E-state index in [2.05, 4.69) is 15.3 Å². The number of hydrogen-bond acceptors (Lipinski definition) is 9. The average molecular weight is 344 g/mol. The molecule has 2 fully saturated rings. The number of anilines is 1. The number of ether oxygens (including phenoxy) is 2. The number of aromatic nitrogens is 3. The average Bonchev–Trinajstić information content (AvgIpc) is 2.94. The van der Waals surface area contributed by atoms with Crippen molar-refractivity contribution >= 4 is 5.95 Å². The Hall–Kier alpha value is -1.63. The van der Waals surface area contributed by atoms with Gasteiger partial charge in [-0.2, -0.15) is 9.63 Å². The number of morpholine rings is 1. The van der Waals surface area contributed by atoms with Gasteiger partial charge in [0.25, 0.3) is 0 Å². The molecule has 0 unspecified atom stereocenters. The van der Waals surface area contributed by atoms with Gasteiger partial charge >= 0.3 is 5.69 Å². The van der Waals surface area contributed by atoms with Gasteiger partial charge in [0, 0.05) is 6.42 Å². The summed E-state index contributed by atoms with van der Waals surface area (Å²) in [6.45, 7) is 1.66. The maximum Gasteiger partial charge on any atom is 0.354 e. The number of aliphatic hydroxyl groups is 2. The second kappa shape index (κ2) is 7.09. The smallest absolute Gasteiger partial charge is 0.354 e. The number of nitrogens with one attached hydrogen (secondary N) is 1. The SMILES string of the molecule is O=c1nc(NC[N+]2(O)CCOCC2)ncn1[C@H]1C[C@@H](O)[C@@H](CO)O1. The monoisotopic (exact) mass is 344 g/mol. The summed E-state index contributed by atoms with van der Waals surface area (Å²) in [7, 11) is 0. The van der Waals surface area contributed by atoms with Crippen molar-refractivity contribution in [3.63, 3.8) is 0 Å². The van der Waals surface area contributed by atoms with Gasteiger partial charge in [0.05, 0.1) is 25.9 Å². The van der Waals surface area contributed by atoms with Crippen LogP contribution in [0.2, 0.25) is 0 Å². The molecule has 3 rings (SSSR count). The van der Waals surface area contributed by atoms with E-state index in [1.807, 2.05) is 0 Å². The Morgan fingerprint density at radius 3 is 2.79 bits per heavy atom. The molecule has 0 spiro atoms. The van der Waals surface area contributed by atoms with Crippen molar-refractivity contribution in [1.82, 2.24) is 14.5 Å². The molecular formula is C13H22N5O6+. The highest BCUT2D eigenvalue weighted by Gasteiger charge is 2.35. The topological polar surface area (TPSA) is 139 Å². The van der Waals surface area contributed by atoms with E-state index in [1.165, 1.54) is 10.9 Å². The molecule has 2 aliphatic heterocycles. The summed E-state index contributed by atoms with van der Waals surface area (Å²) in [5.41, 5.74) is -0.588. The zero-order chi connectivity index (χ0) is 17.2. The zero-order valence-electron chi connectivity index (χ0n) is 13.1. The number of aliphatic hydroxyl groups excluding tert-OH is 2. The molecule has 0 radical (unpaired) electrons. The Morgan fingerprint density at radius 2 is 2.17 bits per heavy atom. The minimum absolute atomic E-state index is 0.103. The Balaban J connectivity index is 1.64. The number of hydroxylamine groups is 3. The summed E-state index contributed by atoms with van der Waals surface area (Å²) in [4.78, 5) is 20.0. The van der Waals surface area contributed by atoms with E-state index >= 15 is 0 Å². The first-order valence-corrected chi connectivity index (χ1v) is 7.81. The molecule has 0 saturated carbocycles. The van der Waals surface area contributed by atoms with Crippen molar-refractivity contribution in [2.45, 2.75) is 24.9 Å². The Labute approximate surface area is 137 Å². The van der Waals surface area contributed by atoms with Crippen molar-refractivity contribution in [2.24, 2.45) is 0 Å². The van der Waals surface area contributed by atoms with Crippen LogP contribution in [0.15, 0.2) is 11.1 Å². The maximum absolute atomic E-state index is 12.1. The third-order valence-corrected chi connectivity index (χ3v) is 4.26. The first-order valence-electron chi connectivity index (χ1n) is 7.81. The van der Waals surface area contributed by atoms with Crippen molar-refractivity contribution in [2.75, 3.05) is 44.9 Å². The van der Waals surface area contributed by atoms with Crippen LogP contribution >= 0.6 is 0 Å². The summed E-state index contributed by atoms with van der Waals surface area (Å²) < 4.78 is 11.6. The minimum Gasteiger partial charge on any atom is -0.394 e. The molecule has 0 bridgehead atoms. The first kappa shape index (κ1) is 17.2. The molecule has 2 aliphatic rings. The van der Waals surface area contributed by atoms with Crippen molar-refractivity contribution in [3.05, 3.63) is 16.8 Å². The van der Waals surface area contributed by atoms with E-state index in [9.17, 15) is 15.1 Å². The standard InChI is InChI=1S/C13H21N5O6/c19-6-10-9(20)5-11(24-10)17-7-14-12(16-13(17)21)15-8-18(22)1-3-23-4-2-18/h7,9-11,19-20,22H,1-6,8H2/p+1/t9-,10-,11-/m1/s1. The van der Waals surface area contributed by atoms with Crippen LogP contribution < -0.4 is 11.0 Å². The largest absolute Gasteiger partial charge is 0.394 e. The molecule has 24 heavy (non-hydrogen) atoms. The van der Waals surface area contributed by atoms with Gasteiger partial charge in [0.1, 0.15) is 31.7 Å². The van der Waals surface area contributed by atoms with E-state index < -0.39 is 24.1 Å². The second-order valence-corrected chi connectivity index (χ2v) is 5.97. The van der Waals surface area contributed by atoms with Crippen LogP contribution in [0.4, 0.5) is 5.95 Å². The fourth-order valence-electron chi connectivity index (χ4n) is 2.74. The van der Waals surface area contributed by atoms with Gasteiger partial charge in [-0.15, -0.1) is 0 Å². The van der Waals surface area contributed by atoms with E-state index in [4.69, 9.17) is 14.6 Å². The highest BCUT2D eigenvalue weighted by molar-refractivity contribution is 5.19. The molecule has 3 heterocycles. The Morgan fingerprint density at radius 1 is 1.42 bits per heavy atom. The Kier molecular flexibility index (Phi) is 5.08. The van der Waals surface area contributed by atoms with Crippen LogP contribution in [0.3, 0.4) is 0 Å². The number of rotatable bonds is 5. The van der Waals surface area contributed by atoms with Gasteiger partial charge in [-0.25, -0.2) is 15.0 Å². The summed E-state index contributed by atoms with van der Waals surface area (Å²) in [5, 5.41) is 32.0. The molecule has 134 valence electrons. The van der Waals surface area contributed by atoms with Gasteiger partial charge in [-0.3, -0.25) is 4.57 Å². The highest BCUT2D eigenvalue weighted by atomic mass is 16.6. The van der Waals surface area contributed by atoms with Crippen LogP contribution in [0, 0.1) is 0 Å². The van der Waals surface area contributed by atoms with E-state index in [1.54, 1.807) is 0 Å². The second-order valence-electron chi connectivity index (χ2n) is 5.97. The molecule has 11 heteroatoms. The summed E-state index contributed by atoms with van der Waals surface area (Å²) in [6, 6.07) is 0. The lowest BCUT2D eigenvalue weighted by Crippen LogP contribution is -2.55. The summed E-state index contributed by atoms with van der Waals surface area (Å²) >= 11 is 0. The molecule has 0 aromatic carbocycles. The van der Waals surface area contributed by atoms with E-state index in [0.29, 0.717) is 26.3 Å². The predicted octanol–water partition coefficient (Wildman–Crippen LogP) is -2.12. The zero-order valence-corrected chi connectivity index (χ0v) is 13.1. The molecule has 0 amide bonds. The van der Waals surface area contributed by atoms with E-state index in [0.717, 1.165) is 0 Å². The van der Waals surface area contributed by atoms with Gasteiger partial charge in [0.15, 0.2) is 6.67 Å². The Bertz CT molecular complexity index is 619. The van der Waals surface area contributed by atoms with Crippen LogP contribution in [0.25, 0.3) is 0 Å². The molecule has 1 aromatic rings. The van der Waals surface area contributed by atoms with Gasteiger partial charge in [0.2, 0.25) is 5.95 Å². The van der Waals surface area contributed by atoms with Crippen LogP contribution in [-0.2, 0) is 9.47 Å². The predicted molar refractivity (Wildman–Crippen MR) is 79.0 cm³/mol. The molecule has 3 atom stereocenters. The molecular weight excluding hydrogens is 322 g/mol. The lowest BCUT2D eigenvalue weighted by Gasteiger charge is -2.33. The molecule has 11 nitrogen and oxygen atoms in total. The normalized spacial score (nSPS) is 29.5. The minimum atomic E-state index is -0.843. The highest BCUT2D eigenvalue weighted by Crippen LogP contribution is 2.27. The molecule has 4 N–H and O–H groups in total.